The number of rotatable bonds is 4. The van der Waals surface area contributed by atoms with E-state index >= 15 is 0 Å². The predicted octanol–water partition coefficient (Wildman–Crippen LogP) is 0.568. The minimum absolute atomic E-state index is 0.0855. The van der Waals surface area contributed by atoms with Gasteiger partial charge in [0, 0.05) is 30.4 Å². The Bertz CT molecular complexity index is 651. The summed E-state index contributed by atoms with van der Waals surface area (Å²) in [4.78, 5) is 35.8. The van der Waals surface area contributed by atoms with Gasteiger partial charge in [-0.15, -0.1) is 0 Å². The minimum Gasteiger partial charge on any atom is -0.350 e. The van der Waals surface area contributed by atoms with Crippen molar-refractivity contribution in [2.75, 3.05) is 37.6 Å². The van der Waals surface area contributed by atoms with Crippen LogP contribution in [0.25, 0.3) is 0 Å². The number of aromatic nitrogens is 2. The highest BCUT2D eigenvalue weighted by molar-refractivity contribution is 5.78. The molecule has 7 heteroatoms. The van der Waals surface area contributed by atoms with Crippen molar-refractivity contribution in [1.29, 1.82) is 0 Å². The van der Waals surface area contributed by atoms with Gasteiger partial charge in [0.15, 0.2) is 0 Å². The normalized spacial score (nSPS) is 21.9. The Balaban J connectivity index is 1.59. The predicted molar refractivity (Wildman–Crippen MR) is 93.4 cm³/mol. The average Bonchev–Trinajstić information content (AvgIpc) is 3.05. The maximum absolute atomic E-state index is 12.2. The Morgan fingerprint density at radius 1 is 1.25 bits per heavy atom. The van der Waals surface area contributed by atoms with E-state index in [2.05, 4.69) is 25.1 Å². The highest BCUT2D eigenvalue weighted by atomic mass is 16.2. The molecule has 0 radical (unpaired) electrons. The summed E-state index contributed by atoms with van der Waals surface area (Å²) in [7, 11) is 0. The molecule has 2 aliphatic rings. The summed E-state index contributed by atoms with van der Waals surface area (Å²) in [5.74, 6) is 0.715. The van der Waals surface area contributed by atoms with Gasteiger partial charge in [0.25, 0.3) is 5.56 Å². The SMILES string of the molecule is Cc1nc(N2CCC[C@H](NC(=O)CN3CCCC3)C2)[nH]c(=O)c1C. The molecule has 2 N–H and O–H groups in total. The number of nitrogens with zero attached hydrogens (tertiary/aromatic N) is 3. The Hall–Kier alpha value is -1.89. The quantitative estimate of drug-likeness (QED) is 0.842. The third-order valence-corrected chi connectivity index (χ3v) is 5.03. The number of aryl methyl sites for hydroxylation is 1. The second-order valence-electron chi connectivity index (χ2n) is 6.94. The van der Waals surface area contributed by atoms with Gasteiger partial charge in [-0.05, 0) is 52.6 Å². The summed E-state index contributed by atoms with van der Waals surface area (Å²) in [5.41, 5.74) is 1.33. The van der Waals surface area contributed by atoms with Gasteiger partial charge in [0.2, 0.25) is 11.9 Å². The number of amides is 1. The summed E-state index contributed by atoms with van der Waals surface area (Å²) in [6.07, 6.45) is 4.33. The molecule has 2 aliphatic heterocycles. The molecular weight excluding hydrogens is 306 g/mol. The van der Waals surface area contributed by atoms with Crippen LogP contribution in [0, 0.1) is 13.8 Å². The van der Waals surface area contributed by atoms with Crippen LogP contribution >= 0.6 is 0 Å². The zero-order valence-corrected chi connectivity index (χ0v) is 14.6. The van der Waals surface area contributed by atoms with E-state index in [9.17, 15) is 9.59 Å². The summed E-state index contributed by atoms with van der Waals surface area (Å²) in [5, 5.41) is 3.14. The molecule has 1 atom stereocenters. The van der Waals surface area contributed by atoms with E-state index in [-0.39, 0.29) is 17.5 Å². The number of hydrogen-bond acceptors (Lipinski definition) is 5. The number of nitrogens with one attached hydrogen (secondary N) is 2. The van der Waals surface area contributed by atoms with E-state index in [1.54, 1.807) is 6.92 Å². The first kappa shape index (κ1) is 17.0. The van der Waals surface area contributed by atoms with E-state index in [1.165, 1.54) is 12.8 Å². The number of carbonyl (C=O) groups is 1. The molecule has 0 aromatic carbocycles. The van der Waals surface area contributed by atoms with Crippen LogP contribution in [-0.4, -0.2) is 59.5 Å². The standard InChI is InChI=1S/C17H27N5O2/c1-12-13(2)18-17(20-16(12)24)22-9-5-6-14(10-22)19-15(23)11-21-7-3-4-8-21/h14H,3-11H2,1-2H3,(H,19,23)(H,18,20,24)/t14-/m0/s1. The Labute approximate surface area is 142 Å². The maximum atomic E-state index is 12.2. The molecule has 1 amide bonds. The van der Waals surface area contributed by atoms with E-state index in [1.807, 2.05) is 6.92 Å². The van der Waals surface area contributed by atoms with Gasteiger partial charge in [-0.1, -0.05) is 0 Å². The van der Waals surface area contributed by atoms with Gasteiger partial charge < -0.3 is 10.2 Å². The summed E-state index contributed by atoms with van der Waals surface area (Å²) in [6, 6.07) is 0.112. The Morgan fingerprint density at radius 3 is 2.71 bits per heavy atom. The molecule has 0 unspecified atom stereocenters. The summed E-state index contributed by atoms with van der Waals surface area (Å²) in [6.45, 7) is 7.72. The molecule has 0 saturated carbocycles. The highest BCUT2D eigenvalue weighted by Gasteiger charge is 2.24. The van der Waals surface area contributed by atoms with Gasteiger partial charge >= 0.3 is 0 Å². The molecule has 2 fully saturated rings. The van der Waals surface area contributed by atoms with Gasteiger partial charge in [0.1, 0.15) is 0 Å². The molecule has 1 aromatic rings. The van der Waals surface area contributed by atoms with Crippen molar-refractivity contribution in [2.45, 2.75) is 45.6 Å². The lowest BCUT2D eigenvalue weighted by atomic mass is 10.1. The lowest BCUT2D eigenvalue weighted by Gasteiger charge is -2.34. The first-order valence-electron chi connectivity index (χ1n) is 8.87. The number of hydrogen-bond donors (Lipinski definition) is 2. The van der Waals surface area contributed by atoms with Crippen LogP contribution in [0.4, 0.5) is 5.95 Å². The molecule has 3 rings (SSSR count). The zero-order valence-electron chi connectivity index (χ0n) is 14.6. The van der Waals surface area contributed by atoms with Crippen molar-refractivity contribution < 1.29 is 4.79 Å². The fourth-order valence-electron chi connectivity index (χ4n) is 3.48. The number of piperidine rings is 1. The van der Waals surface area contributed by atoms with Crippen molar-refractivity contribution in [1.82, 2.24) is 20.2 Å². The Morgan fingerprint density at radius 2 is 2.00 bits per heavy atom. The van der Waals surface area contributed by atoms with Crippen molar-refractivity contribution in [3.8, 4) is 0 Å². The molecular formula is C17H27N5O2. The second-order valence-corrected chi connectivity index (χ2v) is 6.94. The molecule has 7 nitrogen and oxygen atoms in total. The minimum atomic E-state index is -0.0855. The molecule has 0 aliphatic carbocycles. The van der Waals surface area contributed by atoms with Crippen LogP contribution in [0.2, 0.25) is 0 Å². The third kappa shape index (κ3) is 3.95. The number of H-pyrrole nitrogens is 1. The van der Waals surface area contributed by atoms with Gasteiger partial charge in [0.05, 0.1) is 6.54 Å². The fourth-order valence-corrected chi connectivity index (χ4v) is 3.48. The molecule has 0 bridgehead atoms. The van der Waals surface area contributed by atoms with Crippen LogP contribution in [0.5, 0.6) is 0 Å². The maximum Gasteiger partial charge on any atom is 0.255 e. The number of carbonyl (C=O) groups excluding carboxylic acids is 1. The van der Waals surface area contributed by atoms with Crippen LogP contribution in [0.15, 0.2) is 4.79 Å². The second kappa shape index (κ2) is 7.34. The first-order chi connectivity index (χ1) is 11.5. The monoisotopic (exact) mass is 333 g/mol. The van der Waals surface area contributed by atoms with Crippen molar-refractivity contribution >= 4 is 11.9 Å². The van der Waals surface area contributed by atoms with Crippen LogP contribution in [-0.2, 0) is 4.79 Å². The molecule has 2 saturated heterocycles. The topological polar surface area (TPSA) is 81.3 Å². The largest absolute Gasteiger partial charge is 0.350 e. The fraction of sp³-hybridized carbons (Fsp3) is 0.706. The molecule has 0 spiro atoms. The van der Waals surface area contributed by atoms with Crippen LogP contribution in [0.3, 0.4) is 0 Å². The van der Waals surface area contributed by atoms with E-state index in [0.29, 0.717) is 24.6 Å². The van der Waals surface area contributed by atoms with Gasteiger partial charge in [-0.3, -0.25) is 19.5 Å². The number of anilines is 1. The smallest absolute Gasteiger partial charge is 0.255 e. The number of likely N-dealkylation sites (tertiary alicyclic amines) is 1. The summed E-state index contributed by atoms with van der Waals surface area (Å²) < 4.78 is 0. The number of aromatic amines is 1. The first-order valence-corrected chi connectivity index (χ1v) is 8.87. The van der Waals surface area contributed by atoms with Crippen LogP contribution < -0.4 is 15.8 Å². The van der Waals surface area contributed by atoms with E-state index < -0.39 is 0 Å². The summed E-state index contributed by atoms with van der Waals surface area (Å²) >= 11 is 0. The lowest BCUT2D eigenvalue weighted by molar-refractivity contribution is -0.122. The van der Waals surface area contributed by atoms with E-state index in [4.69, 9.17) is 0 Å². The molecule has 132 valence electrons. The Kier molecular flexibility index (Phi) is 5.18. The molecule has 3 heterocycles. The zero-order chi connectivity index (χ0) is 17.1. The van der Waals surface area contributed by atoms with Gasteiger partial charge in [-0.25, -0.2) is 4.98 Å². The molecule has 1 aromatic heterocycles. The molecule has 24 heavy (non-hydrogen) atoms. The third-order valence-electron chi connectivity index (χ3n) is 5.03. The van der Waals surface area contributed by atoms with Crippen molar-refractivity contribution in [3.63, 3.8) is 0 Å². The van der Waals surface area contributed by atoms with Crippen molar-refractivity contribution in [2.24, 2.45) is 0 Å². The highest BCUT2D eigenvalue weighted by Crippen LogP contribution is 2.16. The lowest BCUT2D eigenvalue weighted by Crippen LogP contribution is -2.50. The van der Waals surface area contributed by atoms with E-state index in [0.717, 1.165) is 38.2 Å². The average molecular weight is 333 g/mol. The van der Waals surface area contributed by atoms with Gasteiger partial charge in [-0.2, -0.15) is 0 Å². The van der Waals surface area contributed by atoms with Crippen LogP contribution in [0.1, 0.15) is 36.9 Å². The van der Waals surface area contributed by atoms with Crippen molar-refractivity contribution in [3.05, 3.63) is 21.6 Å².